The van der Waals surface area contributed by atoms with Gasteiger partial charge >= 0.3 is 5.69 Å². The maximum absolute atomic E-state index is 12.7. The zero-order valence-corrected chi connectivity index (χ0v) is 15.1. The first-order chi connectivity index (χ1) is 11.9. The molecule has 8 nitrogen and oxygen atoms in total. The fraction of sp³-hybridized carbons (Fsp3) is 0.375. The molecular formula is C16H19N5O3S. The van der Waals surface area contributed by atoms with E-state index in [1.54, 1.807) is 23.3 Å². The molecule has 3 aromatic heterocycles. The van der Waals surface area contributed by atoms with Gasteiger partial charge < -0.3 is 9.47 Å². The molecule has 0 N–H and O–H groups in total. The van der Waals surface area contributed by atoms with Crippen molar-refractivity contribution in [1.29, 1.82) is 0 Å². The average molecular weight is 361 g/mol. The largest absolute Gasteiger partial charge is 0.336 e. The number of hydrogen-bond donors (Lipinski definition) is 0. The average Bonchev–Trinajstić information content (AvgIpc) is 3.25. The molecule has 3 rings (SSSR count). The maximum atomic E-state index is 12.7. The Morgan fingerprint density at radius 1 is 1.28 bits per heavy atom. The molecule has 9 heteroatoms. The fourth-order valence-electron chi connectivity index (χ4n) is 2.73. The molecule has 0 aromatic carbocycles. The summed E-state index contributed by atoms with van der Waals surface area (Å²) < 4.78 is 3.84. The van der Waals surface area contributed by atoms with Gasteiger partial charge in [0.15, 0.2) is 11.2 Å². The minimum Gasteiger partial charge on any atom is -0.336 e. The third-order valence-electron chi connectivity index (χ3n) is 4.18. The van der Waals surface area contributed by atoms with E-state index >= 15 is 0 Å². The number of likely N-dealkylation sites (N-methyl/N-ethyl adjacent to an activating group) is 1. The lowest BCUT2D eigenvalue weighted by molar-refractivity contribution is -0.132. The highest BCUT2D eigenvalue weighted by Crippen LogP contribution is 2.13. The van der Waals surface area contributed by atoms with Crippen molar-refractivity contribution in [2.24, 2.45) is 14.1 Å². The van der Waals surface area contributed by atoms with Gasteiger partial charge in [0.25, 0.3) is 5.56 Å². The highest BCUT2D eigenvalue weighted by atomic mass is 32.1. The van der Waals surface area contributed by atoms with Crippen molar-refractivity contribution in [3.8, 4) is 0 Å². The number of thiophene rings is 1. The highest BCUT2D eigenvalue weighted by molar-refractivity contribution is 7.09. The summed E-state index contributed by atoms with van der Waals surface area (Å²) in [6.07, 6.45) is 1.43. The summed E-state index contributed by atoms with van der Waals surface area (Å²) in [5.41, 5.74) is -0.362. The quantitative estimate of drug-likeness (QED) is 0.664. The molecule has 0 unspecified atom stereocenters. The highest BCUT2D eigenvalue weighted by Gasteiger charge is 2.18. The Kier molecular flexibility index (Phi) is 4.58. The lowest BCUT2D eigenvalue weighted by atomic mass is 10.3. The fourth-order valence-corrected chi connectivity index (χ4v) is 3.45. The Hall–Kier alpha value is -2.68. The van der Waals surface area contributed by atoms with Crippen molar-refractivity contribution in [3.05, 3.63) is 49.6 Å². The number of rotatable bonds is 5. The van der Waals surface area contributed by atoms with Crippen LogP contribution < -0.4 is 11.2 Å². The molecule has 0 saturated heterocycles. The van der Waals surface area contributed by atoms with Crippen LogP contribution in [0.3, 0.4) is 0 Å². The van der Waals surface area contributed by atoms with E-state index in [1.807, 2.05) is 24.4 Å². The van der Waals surface area contributed by atoms with Crippen LogP contribution in [-0.2, 0) is 32.0 Å². The Morgan fingerprint density at radius 3 is 2.68 bits per heavy atom. The molecule has 0 fully saturated rings. The molecule has 0 aliphatic heterocycles. The second-order valence-corrected chi connectivity index (χ2v) is 6.77. The normalized spacial score (nSPS) is 11.2. The SMILES string of the molecule is CCN(Cc1cccs1)C(=O)Cn1cnc2c1c(=O)n(C)c(=O)n2C. The van der Waals surface area contributed by atoms with Gasteiger partial charge in [-0.05, 0) is 18.4 Å². The Morgan fingerprint density at radius 2 is 2.04 bits per heavy atom. The number of carbonyl (C=O) groups excluding carboxylic acids is 1. The van der Waals surface area contributed by atoms with Crippen molar-refractivity contribution in [2.75, 3.05) is 6.54 Å². The number of hydrogen-bond acceptors (Lipinski definition) is 5. The van der Waals surface area contributed by atoms with Crippen molar-refractivity contribution >= 4 is 28.4 Å². The molecule has 3 heterocycles. The summed E-state index contributed by atoms with van der Waals surface area (Å²) in [6, 6.07) is 3.94. The minimum absolute atomic E-state index is 0.00313. The van der Waals surface area contributed by atoms with E-state index < -0.39 is 11.2 Å². The van der Waals surface area contributed by atoms with Crippen LogP contribution in [0.15, 0.2) is 33.4 Å². The van der Waals surface area contributed by atoms with Crippen LogP contribution in [0.5, 0.6) is 0 Å². The maximum Gasteiger partial charge on any atom is 0.332 e. The summed E-state index contributed by atoms with van der Waals surface area (Å²) in [6.45, 7) is 3.03. The van der Waals surface area contributed by atoms with Crippen LogP contribution in [0.1, 0.15) is 11.8 Å². The topological polar surface area (TPSA) is 82.1 Å². The zero-order valence-electron chi connectivity index (χ0n) is 14.3. The van der Waals surface area contributed by atoms with Gasteiger partial charge in [-0.15, -0.1) is 11.3 Å². The molecule has 0 bridgehead atoms. The van der Waals surface area contributed by atoms with Gasteiger partial charge in [0.1, 0.15) is 6.54 Å². The monoisotopic (exact) mass is 361 g/mol. The number of imidazole rings is 1. The third-order valence-corrected chi connectivity index (χ3v) is 5.05. The molecule has 25 heavy (non-hydrogen) atoms. The van der Waals surface area contributed by atoms with Gasteiger partial charge in [-0.2, -0.15) is 0 Å². The predicted octanol–water partition coefficient (Wildman–Crippen LogP) is 0.544. The molecule has 0 saturated carbocycles. The van der Waals surface area contributed by atoms with Crippen LogP contribution in [0, 0.1) is 0 Å². The van der Waals surface area contributed by atoms with Crippen LogP contribution in [0.2, 0.25) is 0 Å². The lowest BCUT2D eigenvalue weighted by Crippen LogP contribution is -2.38. The second kappa shape index (κ2) is 6.67. The number of nitrogens with zero attached hydrogens (tertiary/aromatic N) is 5. The molecule has 0 spiro atoms. The summed E-state index contributed by atoms with van der Waals surface area (Å²) in [5, 5.41) is 1.97. The first kappa shape index (κ1) is 17.2. The summed E-state index contributed by atoms with van der Waals surface area (Å²) >= 11 is 1.60. The van der Waals surface area contributed by atoms with Crippen LogP contribution in [0.25, 0.3) is 11.2 Å². The molecule has 1 amide bonds. The van der Waals surface area contributed by atoms with Crippen molar-refractivity contribution in [2.45, 2.75) is 20.0 Å². The Bertz CT molecular complexity index is 1030. The van der Waals surface area contributed by atoms with Crippen molar-refractivity contribution < 1.29 is 4.79 Å². The molecule has 0 aliphatic carbocycles. The van der Waals surface area contributed by atoms with E-state index in [4.69, 9.17) is 0 Å². The standard InChI is InChI=1S/C16H19N5O3S/c1-4-20(8-11-6-5-7-25-11)12(22)9-21-10-17-14-13(21)15(23)19(3)16(24)18(14)2/h5-7,10H,4,8-9H2,1-3H3. The Labute approximate surface area is 147 Å². The molecule has 132 valence electrons. The second-order valence-electron chi connectivity index (χ2n) is 5.74. The molecule has 0 atom stereocenters. The molecular weight excluding hydrogens is 342 g/mol. The van der Waals surface area contributed by atoms with Gasteiger partial charge in [0.05, 0.1) is 12.9 Å². The number of aromatic nitrogens is 4. The van der Waals surface area contributed by atoms with E-state index in [0.717, 1.165) is 9.44 Å². The number of carbonyl (C=O) groups is 1. The van der Waals surface area contributed by atoms with Crippen molar-refractivity contribution in [3.63, 3.8) is 0 Å². The van der Waals surface area contributed by atoms with Crippen LogP contribution in [0.4, 0.5) is 0 Å². The first-order valence-electron chi connectivity index (χ1n) is 7.85. The van der Waals surface area contributed by atoms with E-state index in [9.17, 15) is 14.4 Å². The smallest absolute Gasteiger partial charge is 0.332 e. The minimum atomic E-state index is -0.454. The van der Waals surface area contributed by atoms with Gasteiger partial charge in [0, 0.05) is 25.5 Å². The lowest BCUT2D eigenvalue weighted by Gasteiger charge is -2.20. The van der Waals surface area contributed by atoms with E-state index in [1.165, 1.54) is 22.5 Å². The number of aryl methyl sites for hydroxylation is 1. The van der Waals surface area contributed by atoms with Gasteiger partial charge in [-0.3, -0.25) is 18.7 Å². The van der Waals surface area contributed by atoms with E-state index in [0.29, 0.717) is 13.1 Å². The summed E-state index contributed by atoms with van der Waals surface area (Å²) in [5.74, 6) is -0.105. The third kappa shape index (κ3) is 3.02. The summed E-state index contributed by atoms with van der Waals surface area (Å²) in [4.78, 5) is 44.0. The van der Waals surface area contributed by atoms with Crippen LogP contribution in [-0.4, -0.2) is 36.0 Å². The summed E-state index contributed by atoms with van der Waals surface area (Å²) in [7, 11) is 2.97. The van der Waals surface area contributed by atoms with Gasteiger partial charge in [-0.1, -0.05) is 6.07 Å². The predicted molar refractivity (Wildman–Crippen MR) is 95.6 cm³/mol. The van der Waals surface area contributed by atoms with Crippen LogP contribution >= 0.6 is 11.3 Å². The molecule has 0 aliphatic rings. The first-order valence-corrected chi connectivity index (χ1v) is 8.73. The van der Waals surface area contributed by atoms with E-state index in [-0.39, 0.29) is 23.6 Å². The molecule has 3 aromatic rings. The number of fused-ring (bicyclic) bond motifs is 1. The van der Waals surface area contributed by atoms with Gasteiger partial charge in [0.2, 0.25) is 5.91 Å². The molecule has 0 radical (unpaired) electrons. The number of amides is 1. The van der Waals surface area contributed by atoms with E-state index in [2.05, 4.69) is 4.98 Å². The Balaban J connectivity index is 1.94. The van der Waals surface area contributed by atoms with Gasteiger partial charge in [-0.25, -0.2) is 9.78 Å². The zero-order chi connectivity index (χ0) is 18.1. The van der Waals surface area contributed by atoms with Crippen molar-refractivity contribution in [1.82, 2.24) is 23.6 Å².